The summed E-state index contributed by atoms with van der Waals surface area (Å²) in [6.07, 6.45) is 4.03. The molecule has 0 saturated carbocycles. The zero-order valence-corrected chi connectivity index (χ0v) is 8.95. The second-order valence-electron chi connectivity index (χ2n) is 2.93. The van der Waals surface area contributed by atoms with E-state index >= 15 is 0 Å². The summed E-state index contributed by atoms with van der Waals surface area (Å²) in [5.41, 5.74) is 1.20. The number of hydrogen-bond donors (Lipinski definition) is 0. The van der Waals surface area contributed by atoms with Crippen molar-refractivity contribution in [3.63, 3.8) is 0 Å². The number of carbonyl (C=O) groups is 1. The maximum Gasteiger partial charge on any atom is 0.226 e. The predicted molar refractivity (Wildman–Crippen MR) is 59.1 cm³/mol. The normalized spacial score (nSPS) is 10.2. The average Bonchev–Trinajstić information content (AvgIpc) is 2.78. The fourth-order valence-electron chi connectivity index (χ4n) is 1.23. The molecular formula is C11H9NO2S. The van der Waals surface area contributed by atoms with Crippen LogP contribution in [0.4, 0.5) is 0 Å². The number of nitrogens with zero attached hydrogens (tertiary/aromatic N) is 1. The van der Waals surface area contributed by atoms with E-state index in [9.17, 15) is 4.79 Å². The lowest BCUT2D eigenvalue weighted by molar-refractivity contribution is 0.111. The van der Waals surface area contributed by atoms with Crippen LogP contribution in [-0.4, -0.2) is 17.5 Å². The molecule has 2 rings (SSSR count). The van der Waals surface area contributed by atoms with Gasteiger partial charge in [0, 0.05) is 10.5 Å². The molecule has 0 saturated heterocycles. The van der Waals surface area contributed by atoms with Crippen LogP contribution in [0.1, 0.15) is 10.5 Å². The first-order valence-corrected chi connectivity index (χ1v) is 5.61. The van der Waals surface area contributed by atoms with Crippen molar-refractivity contribution >= 4 is 18.0 Å². The van der Waals surface area contributed by atoms with Gasteiger partial charge >= 0.3 is 0 Å². The smallest absolute Gasteiger partial charge is 0.226 e. The molecule has 1 aromatic carbocycles. The highest BCUT2D eigenvalue weighted by atomic mass is 32.2. The summed E-state index contributed by atoms with van der Waals surface area (Å²) in [6, 6.07) is 7.83. The molecule has 0 bridgehead atoms. The Bertz CT molecular complexity index is 479. The lowest BCUT2D eigenvalue weighted by Gasteiger charge is -1.98. The van der Waals surface area contributed by atoms with Crippen LogP contribution in [0.3, 0.4) is 0 Å². The van der Waals surface area contributed by atoms with Crippen molar-refractivity contribution in [2.24, 2.45) is 0 Å². The SMILES string of the molecule is CSc1cccc(-c2nc(C=O)co2)c1. The Morgan fingerprint density at radius 2 is 2.33 bits per heavy atom. The Morgan fingerprint density at radius 3 is 3.00 bits per heavy atom. The highest BCUT2D eigenvalue weighted by Gasteiger charge is 2.06. The van der Waals surface area contributed by atoms with Gasteiger partial charge in [-0.15, -0.1) is 11.8 Å². The van der Waals surface area contributed by atoms with E-state index in [1.807, 2.05) is 30.5 Å². The zero-order valence-electron chi connectivity index (χ0n) is 8.14. The van der Waals surface area contributed by atoms with Gasteiger partial charge in [-0.3, -0.25) is 4.79 Å². The number of oxazole rings is 1. The number of rotatable bonds is 3. The molecule has 15 heavy (non-hydrogen) atoms. The van der Waals surface area contributed by atoms with Crippen LogP contribution >= 0.6 is 11.8 Å². The van der Waals surface area contributed by atoms with E-state index in [4.69, 9.17) is 4.42 Å². The maximum atomic E-state index is 10.4. The van der Waals surface area contributed by atoms with Crippen LogP contribution in [0.2, 0.25) is 0 Å². The summed E-state index contributed by atoms with van der Waals surface area (Å²) in [7, 11) is 0. The Labute approximate surface area is 91.5 Å². The summed E-state index contributed by atoms with van der Waals surface area (Å²) >= 11 is 1.65. The molecule has 0 unspecified atom stereocenters. The summed E-state index contributed by atoms with van der Waals surface area (Å²) in [5, 5.41) is 0. The standard InChI is InChI=1S/C11H9NO2S/c1-15-10-4-2-3-8(5-10)11-12-9(6-13)7-14-11/h2-7H,1H3. The quantitative estimate of drug-likeness (QED) is 0.588. The third-order valence-corrected chi connectivity index (χ3v) is 2.68. The number of benzene rings is 1. The van der Waals surface area contributed by atoms with Crippen LogP contribution in [0, 0.1) is 0 Å². The van der Waals surface area contributed by atoms with Gasteiger partial charge < -0.3 is 4.42 Å². The third-order valence-electron chi connectivity index (χ3n) is 1.96. The molecule has 0 radical (unpaired) electrons. The fourth-order valence-corrected chi connectivity index (χ4v) is 1.69. The van der Waals surface area contributed by atoms with Gasteiger partial charge in [-0.05, 0) is 24.5 Å². The predicted octanol–water partition coefficient (Wildman–Crippen LogP) is 2.88. The first-order chi connectivity index (χ1) is 7.33. The molecule has 1 aromatic heterocycles. The Kier molecular flexibility index (Phi) is 2.87. The van der Waals surface area contributed by atoms with Crippen molar-refractivity contribution < 1.29 is 9.21 Å². The molecule has 2 aromatic rings. The number of carbonyl (C=O) groups excluding carboxylic acids is 1. The van der Waals surface area contributed by atoms with Gasteiger partial charge in [-0.25, -0.2) is 4.98 Å². The first-order valence-electron chi connectivity index (χ1n) is 4.38. The molecule has 0 amide bonds. The summed E-state index contributed by atoms with van der Waals surface area (Å²) < 4.78 is 5.19. The van der Waals surface area contributed by atoms with Crippen molar-refractivity contribution in [1.29, 1.82) is 0 Å². The zero-order chi connectivity index (χ0) is 10.7. The van der Waals surface area contributed by atoms with Gasteiger partial charge in [0.1, 0.15) is 12.0 Å². The number of hydrogen-bond acceptors (Lipinski definition) is 4. The average molecular weight is 219 g/mol. The van der Waals surface area contributed by atoms with Crippen molar-refractivity contribution in [3.8, 4) is 11.5 Å². The van der Waals surface area contributed by atoms with Crippen molar-refractivity contribution in [3.05, 3.63) is 36.2 Å². The number of aldehydes is 1. The molecule has 1 heterocycles. The van der Waals surface area contributed by atoms with Crippen LogP contribution in [0.5, 0.6) is 0 Å². The maximum absolute atomic E-state index is 10.4. The van der Waals surface area contributed by atoms with Crippen LogP contribution in [-0.2, 0) is 0 Å². The van der Waals surface area contributed by atoms with E-state index in [2.05, 4.69) is 4.98 Å². The van der Waals surface area contributed by atoms with Gasteiger partial charge in [-0.2, -0.15) is 0 Å². The van der Waals surface area contributed by atoms with Crippen LogP contribution in [0.25, 0.3) is 11.5 Å². The summed E-state index contributed by atoms with van der Waals surface area (Å²) in [4.78, 5) is 15.6. The van der Waals surface area contributed by atoms with Crippen LogP contribution < -0.4 is 0 Å². The van der Waals surface area contributed by atoms with Crippen molar-refractivity contribution in [1.82, 2.24) is 4.98 Å². The van der Waals surface area contributed by atoms with E-state index in [0.29, 0.717) is 17.9 Å². The van der Waals surface area contributed by atoms with E-state index in [1.54, 1.807) is 11.8 Å². The lowest BCUT2D eigenvalue weighted by atomic mass is 10.2. The molecule has 0 aliphatic heterocycles. The molecule has 0 spiro atoms. The Morgan fingerprint density at radius 1 is 1.47 bits per heavy atom. The topological polar surface area (TPSA) is 43.1 Å². The number of aromatic nitrogens is 1. The monoisotopic (exact) mass is 219 g/mol. The second kappa shape index (κ2) is 4.31. The highest BCUT2D eigenvalue weighted by molar-refractivity contribution is 7.98. The minimum absolute atomic E-state index is 0.319. The van der Waals surface area contributed by atoms with Gasteiger partial charge in [0.05, 0.1) is 0 Å². The van der Waals surface area contributed by atoms with E-state index in [0.717, 1.165) is 10.5 Å². The van der Waals surface area contributed by atoms with Crippen molar-refractivity contribution in [2.75, 3.05) is 6.26 Å². The number of thioether (sulfide) groups is 1. The van der Waals surface area contributed by atoms with Crippen LogP contribution in [0.15, 0.2) is 39.8 Å². The lowest BCUT2D eigenvalue weighted by Crippen LogP contribution is -1.81. The summed E-state index contributed by atoms with van der Waals surface area (Å²) in [5.74, 6) is 0.480. The summed E-state index contributed by atoms with van der Waals surface area (Å²) in [6.45, 7) is 0. The molecule has 0 aliphatic carbocycles. The molecule has 4 heteroatoms. The van der Waals surface area contributed by atoms with E-state index in [-0.39, 0.29) is 0 Å². The molecule has 3 nitrogen and oxygen atoms in total. The molecule has 0 aliphatic rings. The Hall–Kier alpha value is -1.55. The highest BCUT2D eigenvalue weighted by Crippen LogP contribution is 2.23. The molecule has 76 valence electrons. The largest absolute Gasteiger partial charge is 0.444 e. The third kappa shape index (κ3) is 2.10. The first kappa shape index (κ1) is 9.98. The van der Waals surface area contributed by atoms with E-state index < -0.39 is 0 Å². The van der Waals surface area contributed by atoms with Gasteiger partial charge in [0.15, 0.2) is 6.29 Å². The van der Waals surface area contributed by atoms with Crippen molar-refractivity contribution in [2.45, 2.75) is 4.90 Å². The molecule has 0 atom stereocenters. The molecule has 0 fully saturated rings. The van der Waals surface area contributed by atoms with E-state index in [1.165, 1.54) is 6.26 Å². The van der Waals surface area contributed by atoms with Gasteiger partial charge in [0.25, 0.3) is 0 Å². The molecular weight excluding hydrogens is 210 g/mol. The van der Waals surface area contributed by atoms with Gasteiger partial charge in [0.2, 0.25) is 5.89 Å². The Balaban J connectivity index is 2.39. The van der Waals surface area contributed by atoms with Gasteiger partial charge in [-0.1, -0.05) is 6.07 Å². The fraction of sp³-hybridized carbons (Fsp3) is 0.0909. The molecule has 0 N–H and O–H groups in total. The second-order valence-corrected chi connectivity index (χ2v) is 3.81. The minimum atomic E-state index is 0.319. The minimum Gasteiger partial charge on any atom is -0.444 e.